The molecule has 0 bridgehead atoms. The lowest BCUT2D eigenvalue weighted by atomic mass is 10.0. The van der Waals surface area contributed by atoms with E-state index >= 15 is 0 Å². The lowest BCUT2D eigenvalue weighted by Crippen LogP contribution is -2.56. The summed E-state index contributed by atoms with van der Waals surface area (Å²) in [6.45, 7) is 19.5. The Morgan fingerprint density at radius 2 is 1.93 bits per heavy atom. The standard InChI is InChI=1S/C20H37N5OS/c1-8-21-19(22-10-9-18-24-16(4)17(5)27-18)23-13-20(6,7)25-11-14(2)26-15(3)12-25/h14-15H,8-13H2,1-7H3,(H2,21,22,23). The number of morpholine rings is 1. The molecule has 0 radical (unpaired) electrons. The highest BCUT2D eigenvalue weighted by Gasteiger charge is 2.33. The molecule has 7 heteroatoms. The van der Waals surface area contributed by atoms with Gasteiger partial charge in [0.05, 0.1) is 29.5 Å². The minimum Gasteiger partial charge on any atom is -0.373 e. The van der Waals surface area contributed by atoms with Crippen molar-refractivity contribution in [3.63, 3.8) is 0 Å². The van der Waals surface area contributed by atoms with E-state index in [9.17, 15) is 0 Å². The zero-order valence-electron chi connectivity index (χ0n) is 18.1. The first-order chi connectivity index (χ1) is 12.7. The number of thiazole rings is 1. The fraction of sp³-hybridized carbons (Fsp3) is 0.800. The van der Waals surface area contributed by atoms with E-state index in [2.05, 4.69) is 69.0 Å². The van der Waals surface area contributed by atoms with Crippen LogP contribution >= 0.6 is 11.3 Å². The van der Waals surface area contributed by atoms with Crippen LogP contribution in [0.1, 0.15) is 50.2 Å². The first-order valence-electron chi connectivity index (χ1n) is 10.1. The largest absolute Gasteiger partial charge is 0.373 e. The molecule has 2 rings (SSSR count). The maximum absolute atomic E-state index is 5.87. The summed E-state index contributed by atoms with van der Waals surface area (Å²) in [5.74, 6) is 0.880. The van der Waals surface area contributed by atoms with E-state index in [0.29, 0.717) is 0 Å². The average Bonchev–Trinajstić information content (AvgIpc) is 2.90. The van der Waals surface area contributed by atoms with Gasteiger partial charge < -0.3 is 15.4 Å². The molecule has 2 N–H and O–H groups in total. The Kier molecular flexibility index (Phi) is 8.06. The van der Waals surface area contributed by atoms with Gasteiger partial charge >= 0.3 is 0 Å². The fourth-order valence-corrected chi connectivity index (χ4v) is 4.25. The number of hydrogen-bond acceptors (Lipinski definition) is 5. The molecule has 2 heterocycles. The number of rotatable bonds is 7. The predicted molar refractivity (Wildman–Crippen MR) is 115 cm³/mol. The third kappa shape index (κ3) is 6.73. The zero-order valence-corrected chi connectivity index (χ0v) is 18.9. The van der Waals surface area contributed by atoms with Crippen molar-refractivity contribution in [3.8, 4) is 0 Å². The zero-order chi connectivity index (χ0) is 20.0. The molecule has 1 saturated heterocycles. The van der Waals surface area contributed by atoms with Crippen LogP contribution in [0, 0.1) is 13.8 Å². The summed E-state index contributed by atoms with van der Waals surface area (Å²) in [5.41, 5.74) is 1.14. The number of ether oxygens (including phenoxy) is 1. The summed E-state index contributed by atoms with van der Waals surface area (Å²) in [7, 11) is 0. The molecule has 1 aliphatic rings. The Hall–Kier alpha value is -1.18. The minimum atomic E-state index is -0.00180. The van der Waals surface area contributed by atoms with E-state index in [4.69, 9.17) is 9.73 Å². The summed E-state index contributed by atoms with van der Waals surface area (Å²) in [5, 5.41) is 8.00. The smallest absolute Gasteiger partial charge is 0.191 e. The highest BCUT2D eigenvalue weighted by molar-refractivity contribution is 7.11. The minimum absolute atomic E-state index is 0.00180. The summed E-state index contributed by atoms with van der Waals surface area (Å²) in [6.07, 6.45) is 1.47. The Balaban J connectivity index is 1.90. The van der Waals surface area contributed by atoms with Crippen LogP contribution in [0.25, 0.3) is 0 Å². The van der Waals surface area contributed by atoms with Gasteiger partial charge in [0, 0.05) is 43.0 Å². The Morgan fingerprint density at radius 3 is 2.48 bits per heavy atom. The van der Waals surface area contributed by atoms with Gasteiger partial charge in [0.25, 0.3) is 0 Å². The normalized spacial score (nSPS) is 22.1. The SMILES string of the molecule is CCNC(=NCC(C)(C)N1CC(C)OC(C)C1)NCCc1nc(C)c(C)s1. The van der Waals surface area contributed by atoms with E-state index in [1.54, 1.807) is 11.3 Å². The number of guanidine groups is 1. The van der Waals surface area contributed by atoms with Crippen molar-refractivity contribution in [2.24, 2.45) is 4.99 Å². The lowest BCUT2D eigenvalue weighted by molar-refractivity contribution is -0.0939. The molecule has 6 nitrogen and oxygen atoms in total. The van der Waals surface area contributed by atoms with E-state index < -0.39 is 0 Å². The number of nitrogens with one attached hydrogen (secondary N) is 2. The maximum atomic E-state index is 5.87. The highest BCUT2D eigenvalue weighted by Crippen LogP contribution is 2.21. The van der Waals surface area contributed by atoms with Crippen LogP contribution in [0.4, 0.5) is 0 Å². The van der Waals surface area contributed by atoms with Crippen molar-refractivity contribution in [1.82, 2.24) is 20.5 Å². The molecule has 0 aliphatic carbocycles. The first kappa shape index (κ1) is 22.1. The van der Waals surface area contributed by atoms with Gasteiger partial charge in [-0.2, -0.15) is 0 Å². The molecule has 154 valence electrons. The van der Waals surface area contributed by atoms with Gasteiger partial charge in [0.2, 0.25) is 0 Å². The van der Waals surface area contributed by atoms with Gasteiger partial charge in [-0.25, -0.2) is 4.98 Å². The summed E-state index contributed by atoms with van der Waals surface area (Å²) in [6, 6.07) is 0. The monoisotopic (exact) mass is 395 g/mol. The van der Waals surface area contributed by atoms with E-state index in [0.717, 1.165) is 50.8 Å². The van der Waals surface area contributed by atoms with Crippen LogP contribution in [-0.4, -0.2) is 66.3 Å². The summed E-state index contributed by atoms with van der Waals surface area (Å²) >= 11 is 1.79. The van der Waals surface area contributed by atoms with Gasteiger partial charge in [0.1, 0.15) is 0 Å². The Labute approximate surface area is 168 Å². The van der Waals surface area contributed by atoms with Crippen molar-refractivity contribution in [1.29, 1.82) is 0 Å². The molecule has 1 fully saturated rings. The topological polar surface area (TPSA) is 61.8 Å². The number of hydrogen-bond donors (Lipinski definition) is 2. The summed E-state index contributed by atoms with van der Waals surface area (Å²) < 4.78 is 5.87. The van der Waals surface area contributed by atoms with Crippen molar-refractivity contribution in [2.75, 3.05) is 32.7 Å². The van der Waals surface area contributed by atoms with E-state index in [1.807, 2.05) is 0 Å². The lowest BCUT2D eigenvalue weighted by Gasteiger charge is -2.44. The molecule has 2 unspecified atom stereocenters. The van der Waals surface area contributed by atoms with Gasteiger partial charge in [-0.05, 0) is 48.5 Å². The maximum Gasteiger partial charge on any atom is 0.191 e. The molecule has 2 atom stereocenters. The second-order valence-corrected chi connectivity index (χ2v) is 9.38. The predicted octanol–water partition coefficient (Wildman–Crippen LogP) is 2.75. The van der Waals surface area contributed by atoms with Crippen LogP contribution in [0.5, 0.6) is 0 Å². The van der Waals surface area contributed by atoms with Crippen LogP contribution in [-0.2, 0) is 11.2 Å². The molecule has 0 aromatic carbocycles. The van der Waals surface area contributed by atoms with Crippen molar-refractivity contribution < 1.29 is 4.74 Å². The second kappa shape index (κ2) is 9.85. The number of nitrogens with zero attached hydrogens (tertiary/aromatic N) is 3. The molecular formula is C20H37N5OS. The Bertz CT molecular complexity index is 598. The van der Waals surface area contributed by atoms with Gasteiger partial charge in [-0.15, -0.1) is 11.3 Å². The number of aryl methyl sites for hydroxylation is 2. The molecule has 1 aromatic rings. The van der Waals surface area contributed by atoms with Crippen LogP contribution < -0.4 is 10.6 Å². The quantitative estimate of drug-likeness (QED) is 0.549. The van der Waals surface area contributed by atoms with E-state index in [-0.39, 0.29) is 17.7 Å². The van der Waals surface area contributed by atoms with Crippen LogP contribution in [0.15, 0.2) is 4.99 Å². The van der Waals surface area contributed by atoms with Crippen LogP contribution in [0.2, 0.25) is 0 Å². The third-order valence-corrected chi connectivity index (χ3v) is 6.08. The van der Waals surface area contributed by atoms with Crippen LogP contribution in [0.3, 0.4) is 0 Å². The summed E-state index contributed by atoms with van der Waals surface area (Å²) in [4.78, 5) is 13.3. The van der Waals surface area contributed by atoms with Crippen molar-refractivity contribution in [2.45, 2.75) is 72.6 Å². The molecule has 27 heavy (non-hydrogen) atoms. The number of aliphatic imine (C=N–C) groups is 1. The highest BCUT2D eigenvalue weighted by atomic mass is 32.1. The molecule has 0 saturated carbocycles. The Morgan fingerprint density at radius 1 is 1.26 bits per heavy atom. The van der Waals surface area contributed by atoms with Gasteiger partial charge in [-0.3, -0.25) is 9.89 Å². The molecular weight excluding hydrogens is 358 g/mol. The fourth-order valence-electron chi connectivity index (χ4n) is 3.32. The average molecular weight is 396 g/mol. The first-order valence-corrected chi connectivity index (χ1v) is 10.9. The van der Waals surface area contributed by atoms with Gasteiger partial charge in [-0.1, -0.05) is 0 Å². The van der Waals surface area contributed by atoms with Gasteiger partial charge in [0.15, 0.2) is 5.96 Å². The molecule has 1 aliphatic heterocycles. The van der Waals surface area contributed by atoms with E-state index in [1.165, 1.54) is 9.88 Å². The third-order valence-electron chi connectivity index (χ3n) is 4.95. The van der Waals surface area contributed by atoms with Crippen molar-refractivity contribution in [3.05, 3.63) is 15.6 Å². The molecule has 1 aromatic heterocycles. The van der Waals surface area contributed by atoms with Crippen molar-refractivity contribution >= 4 is 17.3 Å². The molecule has 0 spiro atoms. The second-order valence-electron chi connectivity index (χ2n) is 8.10. The molecule has 0 amide bonds. The number of aromatic nitrogens is 1.